The summed E-state index contributed by atoms with van der Waals surface area (Å²) in [6.45, 7) is 2.16. The fourth-order valence-electron chi connectivity index (χ4n) is 3.45. The molecule has 146 valence electrons. The van der Waals surface area contributed by atoms with Gasteiger partial charge in [-0.05, 0) is 12.5 Å². The highest BCUT2D eigenvalue weighted by Crippen LogP contribution is 2.35. The molecule has 0 bridgehead atoms. The topological polar surface area (TPSA) is 105 Å². The number of ether oxygens (including phenoxy) is 2. The lowest BCUT2D eigenvalue weighted by atomic mass is 10.1. The summed E-state index contributed by atoms with van der Waals surface area (Å²) in [5, 5.41) is 11.5. The normalized spacial score (nSPS) is 22.0. The molecule has 9 nitrogen and oxygen atoms in total. The minimum absolute atomic E-state index is 0.0537. The number of nitro benzene ring substituents is 1. The summed E-state index contributed by atoms with van der Waals surface area (Å²) in [5.41, 5.74) is 1.71. The monoisotopic (exact) mass is 403 g/mol. The first-order chi connectivity index (χ1) is 13.6. The van der Waals surface area contributed by atoms with Crippen LogP contribution in [0.5, 0.6) is 0 Å². The van der Waals surface area contributed by atoms with Gasteiger partial charge in [-0.3, -0.25) is 14.7 Å². The molecule has 10 heteroatoms. The summed E-state index contributed by atoms with van der Waals surface area (Å²) in [6, 6.07) is 6.58. The van der Waals surface area contributed by atoms with Crippen LogP contribution in [-0.2, 0) is 16.1 Å². The van der Waals surface area contributed by atoms with Crippen molar-refractivity contribution in [3.63, 3.8) is 0 Å². The Balaban J connectivity index is 1.52. The second-order valence-corrected chi connectivity index (χ2v) is 6.85. The predicted octanol–water partition coefficient (Wildman–Crippen LogP) is 3.67. The van der Waals surface area contributed by atoms with Crippen LogP contribution in [0.2, 0.25) is 5.15 Å². The number of hydrogen-bond donors (Lipinski definition) is 0. The number of fused-ring (bicyclic) bond motifs is 1. The van der Waals surface area contributed by atoms with Crippen molar-refractivity contribution in [3.8, 4) is 0 Å². The van der Waals surface area contributed by atoms with Crippen LogP contribution in [0.3, 0.4) is 0 Å². The highest BCUT2D eigenvalue weighted by molar-refractivity contribution is 6.33. The first kappa shape index (κ1) is 18.7. The zero-order valence-corrected chi connectivity index (χ0v) is 15.8. The average molecular weight is 404 g/mol. The number of nitro groups is 1. The van der Waals surface area contributed by atoms with E-state index in [9.17, 15) is 10.1 Å². The average Bonchev–Trinajstić information content (AvgIpc) is 3.31. The molecule has 1 aromatic carbocycles. The van der Waals surface area contributed by atoms with Crippen molar-refractivity contribution in [2.24, 2.45) is 0 Å². The molecule has 28 heavy (non-hydrogen) atoms. The van der Waals surface area contributed by atoms with Gasteiger partial charge in [0.1, 0.15) is 18.1 Å². The molecule has 1 fully saturated rings. The Hall–Kier alpha value is -2.62. The summed E-state index contributed by atoms with van der Waals surface area (Å²) >= 11 is 6.07. The third kappa shape index (κ3) is 3.44. The van der Waals surface area contributed by atoms with Crippen LogP contribution in [0.25, 0.3) is 11.2 Å². The van der Waals surface area contributed by atoms with E-state index >= 15 is 0 Å². The lowest BCUT2D eigenvalue weighted by Crippen LogP contribution is -2.23. The number of halogens is 1. The van der Waals surface area contributed by atoms with Crippen molar-refractivity contribution in [2.75, 3.05) is 0 Å². The Bertz CT molecular complexity index is 1010. The zero-order valence-electron chi connectivity index (χ0n) is 15.1. The molecule has 3 atom stereocenters. The quantitative estimate of drug-likeness (QED) is 0.351. The Morgan fingerprint density at radius 1 is 1.36 bits per heavy atom. The second kappa shape index (κ2) is 7.78. The van der Waals surface area contributed by atoms with E-state index in [4.69, 9.17) is 21.1 Å². The summed E-state index contributed by atoms with van der Waals surface area (Å²) in [6.07, 6.45) is 3.70. The van der Waals surface area contributed by atoms with E-state index in [-0.39, 0.29) is 35.9 Å². The van der Waals surface area contributed by atoms with E-state index in [1.54, 1.807) is 24.5 Å². The van der Waals surface area contributed by atoms with Crippen LogP contribution < -0.4 is 0 Å². The number of imidazole rings is 1. The number of rotatable bonds is 6. The maximum atomic E-state index is 11.2. The van der Waals surface area contributed by atoms with E-state index in [1.807, 2.05) is 11.5 Å². The molecule has 1 aliphatic heterocycles. The molecule has 1 saturated heterocycles. The molecule has 0 N–H and O–H groups in total. The van der Waals surface area contributed by atoms with Gasteiger partial charge in [0.05, 0.1) is 35.6 Å². The summed E-state index contributed by atoms with van der Waals surface area (Å²) in [7, 11) is 0. The third-order valence-electron chi connectivity index (χ3n) is 4.85. The molecule has 1 aliphatic rings. The lowest BCUT2D eigenvalue weighted by molar-refractivity contribution is -0.386. The van der Waals surface area contributed by atoms with E-state index in [1.165, 1.54) is 12.4 Å². The fraction of sp³-hybridized carbons (Fsp3) is 0.389. The van der Waals surface area contributed by atoms with Gasteiger partial charge in [-0.2, -0.15) is 0 Å². The molecule has 3 unspecified atom stereocenters. The molecular weight excluding hydrogens is 386 g/mol. The van der Waals surface area contributed by atoms with Crippen LogP contribution in [0, 0.1) is 10.1 Å². The molecule has 0 radical (unpaired) electrons. The van der Waals surface area contributed by atoms with Crippen molar-refractivity contribution in [1.82, 2.24) is 19.5 Å². The Kier molecular flexibility index (Phi) is 5.21. The number of aromatic nitrogens is 4. The second-order valence-electron chi connectivity index (χ2n) is 6.50. The van der Waals surface area contributed by atoms with Gasteiger partial charge in [-0.15, -0.1) is 0 Å². The lowest BCUT2D eigenvalue weighted by Gasteiger charge is -2.17. The summed E-state index contributed by atoms with van der Waals surface area (Å²) in [4.78, 5) is 23.3. The molecule has 3 heterocycles. The molecular formula is C18H18ClN5O4. The highest BCUT2D eigenvalue weighted by atomic mass is 35.5. The maximum absolute atomic E-state index is 11.2. The van der Waals surface area contributed by atoms with E-state index in [0.717, 1.165) is 6.42 Å². The van der Waals surface area contributed by atoms with E-state index < -0.39 is 4.92 Å². The first-order valence-corrected chi connectivity index (χ1v) is 9.28. The number of benzene rings is 1. The van der Waals surface area contributed by atoms with Crippen molar-refractivity contribution in [2.45, 2.75) is 44.8 Å². The van der Waals surface area contributed by atoms with E-state index in [0.29, 0.717) is 23.1 Å². The van der Waals surface area contributed by atoms with Gasteiger partial charge in [-0.1, -0.05) is 30.7 Å². The van der Waals surface area contributed by atoms with Crippen LogP contribution >= 0.6 is 11.6 Å². The molecule has 3 aromatic rings. The molecule has 0 aliphatic carbocycles. The smallest absolute Gasteiger partial charge is 0.274 e. The van der Waals surface area contributed by atoms with Crippen LogP contribution in [0.4, 0.5) is 5.69 Å². The van der Waals surface area contributed by atoms with Gasteiger partial charge in [-0.25, -0.2) is 15.0 Å². The van der Waals surface area contributed by atoms with Gasteiger partial charge in [0.15, 0.2) is 10.8 Å². The standard InChI is InChI=1S/C18H18ClN5O4/c1-2-13-14(27-8-11-5-3-4-6-12(11)24(25)26)7-15(28-13)23-10-22-16-17(19)20-9-21-18(16)23/h3-6,9-10,13-15H,2,7-8H2,1H3. The predicted molar refractivity (Wildman–Crippen MR) is 101 cm³/mol. The van der Waals surface area contributed by atoms with Crippen molar-refractivity contribution < 1.29 is 14.4 Å². The Morgan fingerprint density at radius 2 is 2.18 bits per heavy atom. The van der Waals surface area contributed by atoms with Crippen molar-refractivity contribution in [1.29, 1.82) is 0 Å². The molecule has 0 amide bonds. The maximum Gasteiger partial charge on any atom is 0.274 e. The molecule has 4 rings (SSSR count). The van der Waals surface area contributed by atoms with Gasteiger partial charge >= 0.3 is 0 Å². The van der Waals surface area contributed by atoms with Crippen LogP contribution in [0.15, 0.2) is 36.9 Å². The number of hydrogen-bond acceptors (Lipinski definition) is 7. The molecule has 0 spiro atoms. The molecule has 2 aromatic heterocycles. The first-order valence-electron chi connectivity index (χ1n) is 8.91. The summed E-state index contributed by atoms with van der Waals surface area (Å²) in [5.74, 6) is 0. The minimum Gasteiger partial charge on any atom is -0.370 e. The Morgan fingerprint density at radius 3 is 2.96 bits per heavy atom. The van der Waals surface area contributed by atoms with Crippen molar-refractivity contribution in [3.05, 3.63) is 57.8 Å². The number of nitrogens with zero attached hydrogens (tertiary/aromatic N) is 5. The molecule has 0 saturated carbocycles. The Labute approximate surface area is 165 Å². The van der Waals surface area contributed by atoms with Gasteiger partial charge in [0.2, 0.25) is 0 Å². The third-order valence-corrected chi connectivity index (χ3v) is 5.13. The number of para-hydroxylation sites is 1. The van der Waals surface area contributed by atoms with Crippen LogP contribution in [-0.4, -0.2) is 36.7 Å². The van der Waals surface area contributed by atoms with Crippen molar-refractivity contribution >= 4 is 28.5 Å². The highest BCUT2D eigenvalue weighted by Gasteiger charge is 2.37. The largest absolute Gasteiger partial charge is 0.370 e. The van der Waals surface area contributed by atoms with Crippen LogP contribution in [0.1, 0.15) is 31.6 Å². The minimum atomic E-state index is -0.398. The van der Waals surface area contributed by atoms with Gasteiger partial charge in [0.25, 0.3) is 5.69 Å². The SMILES string of the molecule is CCC1OC(n2cnc3c(Cl)ncnc32)CC1OCc1ccccc1[N+](=O)[O-]. The van der Waals surface area contributed by atoms with E-state index in [2.05, 4.69) is 15.0 Å². The summed E-state index contributed by atoms with van der Waals surface area (Å²) < 4.78 is 14.0. The van der Waals surface area contributed by atoms with Gasteiger partial charge < -0.3 is 9.47 Å². The zero-order chi connectivity index (χ0) is 19.7. The van der Waals surface area contributed by atoms with Gasteiger partial charge in [0, 0.05) is 12.5 Å². The fourth-order valence-corrected chi connectivity index (χ4v) is 3.63.